The molecule has 0 heterocycles. The SMILES string of the molecule is Cc1ccccc1C(=O)C(c1ccccc1)c1cc(C(C)(C)C)c(O)c(C(C)(C)C)c1. The molecule has 0 aliphatic heterocycles. The number of rotatable bonds is 4. The lowest BCUT2D eigenvalue weighted by molar-refractivity contribution is 0.0973. The maximum Gasteiger partial charge on any atom is 0.174 e. The van der Waals surface area contributed by atoms with E-state index in [1.54, 1.807) is 0 Å². The third kappa shape index (κ3) is 4.74. The molecule has 3 aromatic carbocycles. The second-order valence-corrected chi connectivity index (χ2v) is 10.5. The van der Waals surface area contributed by atoms with E-state index in [-0.39, 0.29) is 16.6 Å². The molecule has 0 saturated heterocycles. The van der Waals surface area contributed by atoms with Gasteiger partial charge in [0.15, 0.2) is 5.78 Å². The van der Waals surface area contributed by atoms with Crippen molar-refractivity contribution in [1.29, 1.82) is 0 Å². The largest absolute Gasteiger partial charge is 0.507 e. The molecule has 1 unspecified atom stereocenters. The van der Waals surface area contributed by atoms with E-state index in [0.717, 1.165) is 33.4 Å². The minimum atomic E-state index is -0.440. The van der Waals surface area contributed by atoms with Crippen molar-refractivity contribution in [1.82, 2.24) is 0 Å². The number of carbonyl (C=O) groups excluding carboxylic acids is 1. The van der Waals surface area contributed by atoms with Crippen molar-refractivity contribution in [3.8, 4) is 5.75 Å². The smallest absolute Gasteiger partial charge is 0.174 e. The van der Waals surface area contributed by atoms with Crippen LogP contribution in [0.15, 0.2) is 66.7 Å². The molecule has 3 aromatic rings. The Morgan fingerprint density at radius 2 is 1.23 bits per heavy atom. The normalized spacial score (nSPS) is 13.1. The first-order chi connectivity index (χ1) is 14.4. The number of phenolic OH excluding ortho intramolecular Hbond substituents is 1. The van der Waals surface area contributed by atoms with Crippen molar-refractivity contribution < 1.29 is 9.90 Å². The molecule has 162 valence electrons. The van der Waals surface area contributed by atoms with E-state index in [0.29, 0.717) is 5.75 Å². The van der Waals surface area contributed by atoms with E-state index in [1.807, 2.05) is 73.7 Å². The number of hydrogen-bond acceptors (Lipinski definition) is 2. The molecule has 0 aromatic heterocycles. The van der Waals surface area contributed by atoms with Crippen LogP contribution in [0.2, 0.25) is 0 Å². The Morgan fingerprint density at radius 1 is 0.742 bits per heavy atom. The summed E-state index contributed by atoms with van der Waals surface area (Å²) in [5, 5.41) is 11.2. The van der Waals surface area contributed by atoms with Crippen molar-refractivity contribution >= 4 is 5.78 Å². The van der Waals surface area contributed by atoms with E-state index < -0.39 is 5.92 Å². The molecule has 1 N–H and O–H groups in total. The minimum Gasteiger partial charge on any atom is -0.507 e. The molecule has 0 bridgehead atoms. The van der Waals surface area contributed by atoms with Crippen molar-refractivity contribution in [2.24, 2.45) is 0 Å². The fraction of sp³-hybridized carbons (Fsp3) is 0.345. The first-order valence-electron chi connectivity index (χ1n) is 10.9. The Labute approximate surface area is 187 Å². The van der Waals surface area contributed by atoms with Gasteiger partial charge in [-0.2, -0.15) is 0 Å². The van der Waals surface area contributed by atoms with Gasteiger partial charge in [0.25, 0.3) is 0 Å². The lowest BCUT2D eigenvalue weighted by Gasteiger charge is -2.30. The van der Waals surface area contributed by atoms with Crippen molar-refractivity contribution in [2.75, 3.05) is 0 Å². The summed E-state index contributed by atoms with van der Waals surface area (Å²) in [5.41, 5.74) is 4.81. The molecule has 0 aliphatic rings. The predicted octanol–water partition coefficient (Wildman–Crippen LogP) is 7.31. The standard InChI is InChI=1S/C29H34O2/c1-19-13-11-12-16-22(19)26(30)25(20-14-9-8-10-15-20)21-17-23(28(2,3)4)27(31)24(18-21)29(5,6)7/h8-18,25,31H,1-7H3. The molecule has 0 fully saturated rings. The molecule has 2 heteroatoms. The van der Waals surface area contributed by atoms with E-state index in [9.17, 15) is 9.90 Å². The van der Waals surface area contributed by atoms with E-state index in [4.69, 9.17) is 0 Å². The monoisotopic (exact) mass is 414 g/mol. The van der Waals surface area contributed by atoms with Gasteiger partial charge in [-0.05, 0) is 45.6 Å². The van der Waals surface area contributed by atoms with E-state index in [2.05, 4.69) is 41.5 Å². The van der Waals surface area contributed by atoms with Gasteiger partial charge in [0, 0.05) is 5.56 Å². The summed E-state index contributed by atoms with van der Waals surface area (Å²) in [4.78, 5) is 13.9. The molecular weight excluding hydrogens is 380 g/mol. The first kappa shape index (κ1) is 22.8. The molecule has 0 amide bonds. The number of benzene rings is 3. The van der Waals surface area contributed by atoms with Crippen LogP contribution in [0.25, 0.3) is 0 Å². The predicted molar refractivity (Wildman–Crippen MR) is 129 cm³/mol. The number of ketones is 1. The number of Topliss-reactive ketones (excluding diaryl/α,β-unsaturated/α-hetero) is 1. The van der Waals surface area contributed by atoms with Gasteiger partial charge >= 0.3 is 0 Å². The Kier molecular flexibility index (Phi) is 6.14. The molecule has 0 radical (unpaired) electrons. The second kappa shape index (κ2) is 8.34. The highest BCUT2D eigenvalue weighted by Gasteiger charge is 2.31. The first-order valence-corrected chi connectivity index (χ1v) is 10.9. The van der Waals surface area contributed by atoms with Crippen LogP contribution in [0.4, 0.5) is 0 Å². The summed E-state index contributed by atoms with van der Waals surface area (Å²) < 4.78 is 0. The van der Waals surface area contributed by atoms with Crippen LogP contribution in [0.1, 0.15) is 85.6 Å². The molecule has 1 atom stereocenters. The van der Waals surface area contributed by atoms with Crippen LogP contribution in [-0.4, -0.2) is 10.9 Å². The van der Waals surface area contributed by atoms with Gasteiger partial charge in [-0.25, -0.2) is 0 Å². The molecular formula is C29H34O2. The zero-order chi connectivity index (χ0) is 23.0. The zero-order valence-electron chi connectivity index (χ0n) is 19.8. The van der Waals surface area contributed by atoms with Gasteiger partial charge in [0.05, 0.1) is 5.92 Å². The highest BCUT2D eigenvalue weighted by molar-refractivity contribution is 6.04. The van der Waals surface area contributed by atoms with E-state index in [1.165, 1.54) is 0 Å². The summed E-state index contributed by atoms with van der Waals surface area (Å²) >= 11 is 0. The molecule has 3 rings (SSSR count). The molecule has 0 saturated carbocycles. The number of phenols is 1. The van der Waals surface area contributed by atoms with Gasteiger partial charge in [0.2, 0.25) is 0 Å². The molecule has 0 spiro atoms. The Morgan fingerprint density at radius 3 is 1.71 bits per heavy atom. The fourth-order valence-electron chi connectivity index (χ4n) is 4.11. The summed E-state index contributed by atoms with van der Waals surface area (Å²) in [7, 11) is 0. The lowest BCUT2D eigenvalue weighted by atomic mass is 9.75. The fourth-order valence-corrected chi connectivity index (χ4v) is 4.11. The van der Waals surface area contributed by atoms with Crippen LogP contribution < -0.4 is 0 Å². The Hall–Kier alpha value is -2.87. The van der Waals surface area contributed by atoms with Crippen molar-refractivity contribution in [2.45, 2.75) is 65.2 Å². The molecule has 0 aliphatic carbocycles. The van der Waals surface area contributed by atoms with E-state index >= 15 is 0 Å². The second-order valence-electron chi connectivity index (χ2n) is 10.5. The highest BCUT2D eigenvalue weighted by atomic mass is 16.3. The van der Waals surface area contributed by atoms with Gasteiger partial charge in [-0.1, -0.05) is 108 Å². The van der Waals surface area contributed by atoms with Gasteiger partial charge < -0.3 is 5.11 Å². The summed E-state index contributed by atoms with van der Waals surface area (Å²) in [6.45, 7) is 14.6. The quantitative estimate of drug-likeness (QED) is 0.454. The highest BCUT2D eigenvalue weighted by Crippen LogP contribution is 2.42. The summed E-state index contributed by atoms with van der Waals surface area (Å²) in [6, 6.07) is 21.8. The average molecular weight is 415 g/mol. The number of hydrogen-bond donors (Lipinski definition) is 1. The average Bonchev–Trinajstić information content (AvgIpc) is 2.68. The van der Waals surface area contributed by atoms with Gasteiger partial charge in [-0.15, -0.1) is 0 Å². The maximum atomic E-state index is 13.9. The minimum absolute atomic E-state index is 0.0784. The van der Waals surface area contributed by atoms with Crippen LogP contribution in [0.5, 0.6) is 5.75 Å². The third-order valence-electron chi connectivity index (χ3n) is 5.89. The van der Waals surface area contributed by atoms with Crippen LogP contribution >= 0.6 is 0 Å². The van der Waals surface area contributed by atoms with Crippen LogP contribution in [0.3, 0.4) is 0 Å². The third-order valence-corrected chi connectivity index (χ3v) is 5.89. The molecule has 2 nitrogen and oxygen atoms in total. The summed E-state index contributed by atoms with van der Waals surface area (Å²) in [6.07, 6.45) is 0. The lowest BCUT2D eigenvalue weighted by Crippen LogP contribution is -2.21. The maximum absolute atomic E-state index is 13.9. The summed E-state index contributed by atoms with van der Waals surface area (Å²) in [5.74, 6) is -0.0290. The van der Waals surface area contributed by atoms with Crippen LogP contribution in [-0.2, 0) is 10.8 Å². The van der Waals surface area contributed by atoms with Gasteiger partial charge in [0.1, 0.15) is 5.75 Å². The van der Waals surface area contributed by atoms with Crippen molar-refractivity contribution in [3.05, 3.63) is 100 Å². The van der Waals surface area contributed by atoms with Crippen molar-refractivity contribution in [3.63, 3.8) is 0 Å². The number of carbonyl (C=O) groups is 1. The number of aryl methyl sites for hydroxylation is 1. The zero-order valence-corrected chi connectivity index (χ0v) is 19.8. The Balaban J connectivity index is 2.32. The topological polar surface area (TPSA) is 37.3 Å². The number of aromatic hydroxyl groups is 1. The van der Waals surface area contributed by atoms with Gasteiger partial charge in [-0.3, -0.25) is 4.79 Å². The Bertz CT molecular complexity index is 1040. The molecule has 31 heavy (non-hydrogen) atoms. The van der Waals surface area contributed by atoms with Crippen LogP contribution in [0, 0.1) is 6.92 Å².